The van der Waals surface area contributed by atoms with Gasteiger partial charge in [0.25, 0.3) is 0 Å². The smallest absolute Gasteiger partial charge is 0.137 e. The third-order valence-corrected chi connectivity index (χ3v) is 2.76. The van der Waals surface area contributed by atoms with Crippen LogP contribution in [0.15, 0.2) is 47.3 Å². The van der Waals surface area contributed by atoms with Gasteiger partial charge in [0.15, 0.2) is 0 Å². The molecule has 88 valence electrons. The molecule has 17 heavy (non-hydrogen) atoms. The van der Waals surface area contributed by atoms with E-state index in [-0.39, 0.29) is 5.78 Å². The molecule has 2 aromatic rings. The number of carbonyl (C=O) groups excluding carboxylic acids is 1. The molecule has 0 fully saturated rings. The fraction of sp³-hybridized carbons (Fsp3) is 0.267. The lowest BCUT2D eigenvalue weighted by Gasteiger charge is -2.01. The number of hydrogen-bond donors (Lipinski definition) is 0. The van der Waals surface area contributed by atoms with Gasteiger partial charge in [-0.3, -0.25) is 4.79 Å². The van der Waals surface area contributed by atoms with E-state index in [4.69, 9.17) is 4.42 Å². The molecule has 1 aromatic heterocycles. The maximum Gasteiger partial charge on any atom is 0.137 e. The van der Waals surface area contributed by atoms with Crippen LogP contribution >= 0.6 is 0 Å². The van der Waals surface area contributed by atoms with Crippen molar-refractivity contribution >= 4 is 5.78 Å². The molecule has 0 saturated carbocycles. The van der Waals surface area contributed by atoms with E-state index in [1.165, 1.54) is 11.1 Å². The first kappa shape index (κ1) is 11.6. The lowest BCUT2D eigenvalue weighted by Crippen LogP contribution is -2.03. The fourth-order valence-electron chi connectivity index (χ4n) is 1.86. The van der Waals surface area contributed by atoms with Crippen LogP contribution in [-0.4, -0.2) is 5.78 Å². The maximum absolute atomic E-state index is 11.7. The van der Waals surface area contributed by atoms with Crippen molar-refractivity contribution in [2.24, 2.45) is 0 Å². The molecule has 1 heterocycles. The molecule has 0 N–H and O–H groups in total. The summed E-state index contributed by atoms with van der Waals surface area (Å²) in [4.78, 5) is 11.7. The zero-order valence-corrected chi connectivity index (χ0v) is 9.98. The average Bonchev–Trinajstić information content (AvgIpc) is 2.79. The van der Waals surface area contributed by atoms with Gasteiger partial charge in [0.05, 0.1) is 12.5 Å². The Bertz CT molecular complexity index is 483. The second kappa shape index (κ2) is 5.48. The van der Waals surface area contributed by atoms with Gasteiger partial charge in [-0.1, -0.05) is 29.8 Å². The summed E-state index contributed by atoms with van der Waals surface area (Å²) in [5, 5.41) is 0. The lowest BCUT2D eigenvalue weighted by atomic mass is 10.0. The number of rotatable bonds is 5. The Labute approximate surface area is 101 Å². The number of benzene rings is 1. The summed E-state index contributed by atoms with van der Waals surface area (Å²) in [6.07, 6.45) is 5.11. The number of carbonyl (C=O) groups is 1. The standard InChI is InChI=1S/C15H16O2/c1-12-3-2-4-13(9-12)5-6-15(16)10-14-7-8-17-11-14/h2-4,7-9,11H,5-6,10H2,1H3. The van der Waals surface area contributed by atoms with E-state index in [0.29, 0.717) is 12.8 Å². The Kier molecular flexibility index (Phi) is 3.76. The van der Waals surface area contributed by atoms with E-state index in [2.05, 4.69) is 25.1 Å². The average molecular weight is 228 g/mol. The van der Waals surface area contributed by atoms with Gasteiger partial charge in [-0.2, -0.15) is 0 Å². The van der Waals surface area contributed by atoms with Crippen molar-refractivity contribution in [1.29, 1.82) is 0 Å². The van der Waals surface area contributed by atoms with Gasteiger partial charge in [-0.15, -0.1) is 0 Å². The molecule has 0 atom stereocenters. The predicted octanol–water partition coefficient (Wildman–Crippen LogP) is 3.33. The summed E-state index contributed by atoms with van der Waals surface area (Å²) in [6, 6.07) is 10.1. The van der Waals surface area contributed by atoms with E-state index >= 15 is 0 Å². The summed E-state index contributed by atoms with van der Waals surface area (Å²) in [5.41, 5.74) is 3.43. The molecule has 0 aliphatic rings. The molecule has 0 bridgehead atoms. The van der Waals surface area contributed by atoms with Crippen molar-refractivity contribution in [2.45, 2.75) is 26.2 Å². The largest absolute Gasteiger partial charge is 0.472 e. The van der Waals surface area contributed by atoms with Gasteiger partial charge in [-0.05, 0) is 30.5 Å². The van der Waals surface area contributed by atoms with Crippen molar-refractivity contribution in [3.63, 3.8) is 0 Å². The minimum atomic E-state index is 0.257. The molecule has 0 aliphatic heterocycles. The minimum absolute atomic E-state index is 0.257. The van der Waals surface area contributed by atoms with Gasteiger partial charge in [0, 0.05) is 12.8 Å². The highest BCUT2D eigenvalue weighted by atomic mass is 16.3. The minimum Gasteiger partial charge on any atom is -0.472 e. The zero-order chi connectivity index (χ0) is 12.1. The van der Waals surface area contributed by atoms with E-state index in [1.807, 2.05) is 12.1 Å². The lowest BCUT2D eigenvalue weighted by molar-refractivity contribution is -0.118. The molecular weight excluding hydrogens is 212 g/mol. The summed E-state index contributed by atoms with van der Waals surface area (Å²) >= 11 is 0. The van der Waals surface area contributed by atoms with E-state index in [1.54, 1.807) is 12.5 Å². The molecule has 0 spiro atoms. The highest BCUT2D eigenvalue weighted by Crippen LogP contribution is 2.09. The van der Waals surface area contributed by atoms with Crippen LogP contribution in [0.3, 0.4) is 0 Å². The summed E-state index contributed by atoms with van der Waals surface area (Å²) in [7, 11) is 0. The van der Waals surface area contributed by atoms with Crippen LogP contribution in [0.5, 0.6) is 0 Å². The van der Waals surface area contributed by atoms with E-state index in [9.17, 15) is 4.79 Å². The molecule has 0 amide bonds. The molecule has 0 unspecified atom stereocenters. The monoisotopic (exact) mass is 228 g/mol. The first-order valence-corrected chi connectivity index (χ1v) is 5.82. The molecule has 0 saturated heterocycles. The maximum atomic E-state index is 11.7. The van der Waals surface area contributed by atoms with Crippen molar-refractivity contribution in [3.05, 3.63) is 59.5 Å². The number of ketones is 1. The first-order valence-electron chi connectivity index (χ1n) is 5.82. The molecular formula is C15H16O2. The van der Waals surface area contributed by atoms with Crippen LogP contribution in [0.2, 0.25) is 0 Å². The third kappa shape index (κ3) is 3.59. The van der Waals surface area contributed by atoms with Crippen molar-refractivity contribution in [2.75, 3.05) is 0 Å². The molecule has 2 heteroatoms. The van der Waals surface area contributed by atoms with E-state index in [0.717, 1.165) is 12.0 Å². The van der Waals surface area contributed by atoms with Gasteiger partial charge >= 0.3 is 0 Å². The van der Waals surface area contributed by atoms with Gasteiger partial charge in [0.1, 0.15) is 5.78 Å². The van der Waals surface area contributed by atoms with Gasteiger partial charge in [-0.25, -0.2) is 0 Å². The Balaban J connectivity index is 1.84. The van der Waals surface area contributed by atoms with Crippen molar-refractivity contribution < 1.29 is 9.21 Å². The second-order valence-corrected chi connectivity index (χ2v) is 4.34. The topological polar surface area (TPSA) is 30.2 Å². The fourth-order valence-corrected chi connectivity index (χ4v) is 1.86. The zero-order valence-electron chi connectivity index (χ0n) is 9.98. The first-order chi connectivity index (χ1) is 8.24. The molecule has 2 nitrogen and oxygen atoms in total. The summed E-state index contributed by atoms with van der Waals surface area (Å²) in [6.45, 7) is 2.07. The van der Waals surface area contributed by atoms with Crippen LogP contribution in [-0.2, 0) is 17.6 Å². The Hall–Kier alpha value is -1.83. The molecule has 0 aliphatic carbocycles. The van der Waals surface area contributed by atoms with Crippen LogP contribution < -0.4 is 0 Å². The molecule has 1 aromatic carbocycles. The van der Waals surface area contributed by atoms with Gasteiger partial charge in [0.2, 0.25) is 0 Å². The Morgan fingerprint density at radius 2 is 2.12 bits per heavy atom. The predicted molar refractivity (Wildman–Crippen MR) is 66.9 cm³/mol. The normalized spacial score (nSPS) is 10.4. The van der Waals surface area contributed by atoms with Crippen LogP contribution in [0, 0.1) is 6.92 Å². The van der Waals surface area contributed by atoms with Crippen molar-refractivity contribution in [3.8, 4) is 0 Å². The number of aryl methyl sites for hydroxylation is 2. The highest BCUT2D eigenvalue weighted by molar-refractivity contribution is 5.80. The van der Waals surface area contributed by atoms with E-state index < -0.39 is 0 Å². The number of Topliss-reactive ketones (excluding diaryl/α,β-unsaturated/α-hetero) is 1. The van der Waals surface area contributed by atoms with Crippen molar-refractivity contribution in [1.82, 2.24) is 0 Å². The van der Waals surface area contributed by atoms with Crippen LogP contribution in [0.1, 0.15) is 23.1 Å². The summed E-state index contributed by atoms with van der Waals surface area (Å²) < 4.78 is 4.94. The van der Waals surface area contributed by atoms with Crippen LogP contribution in [0.4, 0.5) is 0 Å². The highest BCUT2D eigenvalue weighted by Gasteiger charge is 2.05. The van der Waals surface area contributed by atoms with Gasteiger partial charge < -0.3 is 4.42 Å². The quantitative estimate of drug-likeness (QED) is 0.785. The second-order valence-electron chi connectivity index (χ2n) is 4.34. The number of hydrogen-bond acceptors (Lipinski definition) is 2. The molecule has 0 radical (unpaired) electrons. The van der Waals surface area contributed by atoms with Crippen LogP contribution in [0.25, 0.3) is 0 Å². The Morgan fingerprint density at radius 3 is 2.82 bits per heavy atom. The Morgan fingerprint density at radius 1 is 1.24 bits per heavy atom. The third-order valence-electron chi connectivity index (χ3n) is 2.76. The summed E-state index contributed by atoms with van der Waals surface area (Å²) in [5.74, 6) is 0.257. The number of furan rings is 1. The molecule has 2 rings (SSSR count). The SMILES string of the molecule is Cc1cccc(CCC(=O)Cc2ccoc2)c1.